The highest BCUT2D eigenvalue weighted by Gasteiger charge is 2.33. The lowest BCUT2D eigenvalue weighted by Crippen LogP contribution is -2.39. The molecule has 0 radical (unpaired) electrons. The maximum atomic E-state index is 13.6. The van der Waals surface area contributed by atoms with E-state index < -0.39 is 16.9 Å². The van der Waals surface area contributed by atoms with Gasteiger partial charge in [0, 0.05) is 17.2 Å². The smallest absolute Gasteiger partial charge is 0.338 e. The molecule has 0 saturated carbocycles. The minimum Gasteiger partial charge on any atom is -0.466 e. The number of allylic oxidation sites excluding steroid dienone is 1. The molecule has 1 atom stereocenters. The molecule has 0 spiro atoms. The molecule has 3 heterocycles. The SMILES string of the molecule is COC(=O)C1=C(C)N=c2sc(=Cc3ccc(-c4ccc(Cl)cc4[N+](=O)[O-])o3)c(=O)n2C1c1ccccc1. The number of halogens is 1. The van der Waals surface area contributed by atoms with Gasteiger partial charge in [-0.15, -0.1) is 0 Å². The molecule has 2 aromatic carbocycles. The summed E-state index contributed by atoms with van der Waals surface area (Å²) in [7, 11) is 1.29. The first kappa shape index (κ1) is 24.4. The Morgan fingerprint density at radius 1 is 1.22 bits per heavy atom. The van der Waals surface area contributed by atoms with Crippen molar-refractivity contribution in [2.75, 3.05) is 7.11 Å². The maximum absolute atomic E-state index is 13.6. The van der Waals surface area contributed by atoms with Crippen molar-refractivity contribution in [3.63, 3.8) is 0 Å². The number of furan rings is 1. The van der Waals surface area contributed by atoms with Crippen LogP contribution in [-0.4, -0.2) is 22.6 Å². The second kappa shape index (κ2) is 9.64. The monoisotopic (exact) mass is 535 g/mol. The van der Waals surface area contributed by atoms with Crippen LogP contribution in [0.3, 0.4) is 0 Å². The minimum atomic E-state index is -0.712. The van der Waals surface area contributed by atoms with Gasteiger partial charge in [-0.1, -0.05) is 53.3 Å². The predicted molar refractivity (Wildman–Crippen MR) is 138 cm³/mol. The Bertz CT molecular complexity index is 1770. The highest BCUT2D eigenvalue weighted by molar-refractivity contribution is 7.07. The molecule has 2 aromatic heterocycles. The van der Waals surface area contributed by atoms with Gasteiger partial charge in [-0.25, -0.2) is 9.79 Å². The summed E-state index contributed by atoms with van der Waals surface area (Å²) in [6.45, 7) is 1.71. The molecule has 5 rings (SSSR count). The standard InChI is InChI=1S/C26H18ClN3O6S/c1-14-22(25(32)35-2)23(15-6-4-3-5-7-15)29-24(31)21(37-26(29)28-14)13-17-9-11-20(36-17)18-10-8-16(27)12-19(18)30(33)34/h3-13,23H,1-2H3. The van der Waals surface area contributed by atoms with Crippen molar-refractivity contribution < 1.29 is 18.9 Å². The number of hydrogen-bond donors (Lipinski definition) is 0. The van der Waals surface area contributed by atoms with Crippen LogP contribution in [0.25, 0.3) is 17.4 Å². The number of esters is 1. The average Bonchev–Trinajstić information content (AvgIpc) is 3.47. The molecule has 0 amide bonds. The third kappa shape index (κ3) is 4.41. The van der Waals surface area contributed by atoms with Gasteiger partial charge in [-0.2, -0.15) is 0 Å². The van der Waals surface area contributed by atoms with Crippen molar-refractivity contribution in [1.82, 2.24) is 4.57 Å². The largest absolute Gasteiger partial charge is 0.466 e. The molecule has 4 aromatic rings. The summed E-state index contributed by atoms with van der Waals surface area (Å²) in [5, 5.41) is 11.7. The number of nitro groups is 1. The van der Waals surface area contributed by atoms with Gasteiger partial charge in [0.25, 0.3) is 11.2 Å². The summed E-state index contributed by atoms with van der Waals surface area (Å²) >= 11 is 7.07. The molecule has 1 aliphatic heterocycles. The fraction of sp³-hybridized carbons (Fsp3) is 0.115. The molecule has 0 saturated heterocycles. The van der Waals surface area contributed by atoms with E-state index in [-0.39, 0.29) is 33.2 Å². The summed E-state index contributed by atoms with van der Waals surface area (Å²) < 4.78 is 12.6. The number of carbonyl (C=O) groups is 1. The molecular weight excluding hydrogens is 518 g/mol. The first-order chi connectivity index (χ1) is 17.8. The topological polar surface area (TPSA) is 117 Å². The normalized spacial score (nSPS) is 15.3. The Morgan fingerprint density at radius 3 is 2.68 bits per heavy atom. The van der Waals surface area contributed by atoms with E-state index in [2.05, 4.69) is 4.99 Å². The second-order valence-electron chi connectivity index (χ2n) is 8.10. The molecular formula is C26H18ClN3O6S. The predicted octanol–water partition coefficient (Wildman–Crippen LogP) is 4.23. The second-order valence-corrected chi connectivity index (χ2v) is 9.55. The van der Waals surface area contributed by atoms with Crippen molar-refractivity contribution in [3.05, 3.63) is 118 Å². The highest BCUT2D eigenvalue weighted by atomic mass is 35.5. The first-order valence-electron chi connectivity index (χ1n) is 11.0. The van der Waals surface area contributed by atoms with Crippen molar-refractivity contribution in [3.8, 4) is 11.3 Å². The molecule has 1 aliphatic rings. The fourth-order valence-corrected chi connectivity index (χ4v) is 5.40. The lowest BCUT2D eigenvalue weighted by atomic mass is 9.96. The lowest BCUT2D eigenvalue weighted by molar-refractivity contribution is -0.384. The van der Waals surface area contributed by atoms with E-state index >= 15 is 0 Å². The van der Waals surface area contributed by atoms with Crippen molar-refractivity contribution >= 4 is 40.7 Å². The number of hydrogen-bond acceptors (Lipinski definition) is 8. The van der Waals surface area contributed by atoms with E-state index in [0.717, 1.165) is 16.9 Å². The van der Waals surface area contributed by atoms with Gasteiger partial charge < -0.3 is 9.15 Å². The maximum Gasteiger partial charge on any atom is 0.338 e. The first-order valence-corrected chi connectivity index (χ1v) is 12.2. The van der Waals surface area contributed by atoms with Crippen molar-refractivity contribution in [2.45, 2.75) is 13.0 Å². The van der Waals surface area contributed by atoms with Crippen LogP contribution in [0.15, 0.2) is 86.1 Å². The Balaban J connectivity index is 1.64. The Kier molecular flexibility index (Phi) is 6.36. The van der Waals surface area contributed by atoms with Crippen molar-refractivity contribution in [1.29, 1.82) is 0 Å². The summed E-state index contributed by atoms with van der Waals surface area (Å²) in [6.07, 6.45) is 1.55. The average molecular weight is 536 g/mol. The number of ether oxygens (including phenoxy) is 1. The number of benzene rings is 2. The van der Waals surface area contributed by atoms with E-state index in [1.165, 1.54) is 29.9 Å². The molecule has 0 fully saturated rings. The van der Waals surface area contributed by atoms with Crippen LogP contribution >= 0.6 is 22.9 Å². The van der Waals surface area contributed by atoms with Crippen LogP contribution in [0.4, 0.5) is 5.69 Å². The zero-order valence-electron chi connectivity index (χ0n) is 19.5. The van der Waals surface area contributed by atoms with Crippen molar-refractivity contribution in [2.24, 2.45) is 4.99 Å². The minimum absolute atomic E-state index is 0.193. The van der Waals surface area contributed by atoms with Crippen LogP contribution < -0.4 is 14.9 Å². The number of methoxy groups -OCH3 is 1. The number of thiazole rings is 1. The van der Waals surface area contributed by atoms with E-state index in [0.29, 0.717) is 20.8 Å². The Morgan fingerprint density at radius 2 is 1.97 bits per heavy atom. The number of aromatic nitrogens is 1. The Hall–Kier alpha value is -4.28. The van der Waals surface area contributed by atoms with Crippen LogP contribution in [0.5, 0.6) is 0 Å². The lowest BCUT2D eigenvalue weighted by Gasteiger charge is -2.24. The van der Waals surface area contributed by atoms with Crippen LogP contribution in [0.1, 0.15) is 24.3 Å². The number of fused-ring (bicyclic) bond motifs is 1. The van der Waals surface area contributed by atoms with Gasteiger partial charge in [-0.05, 0) is 36.8 Å². The zero-order chi connectivity index (χ0) is 26.3. The van der Waals surface area contributed by atoms with E-state index in [4.69, 9.17) is 20.8 Å². The number of rotatable bonds is 5. The third-order valence-corrected chi connectivity index (χ3v) is 7.08. The summed E-state index contributed by atoms with van der Waals surface area (Å²) in [6, 6.07) is 16.0. The van der Waals surface area contributed by atoms with Gasteiger partial charge in [0.05, 0.1) is 39.4 Å². The van der Waals surface area contributed by atoms with E-state index in [1.54, 1.807) is 25.1 Å². The molecule has 0 N–H and O–H groups in total. The molecule has 11 heteroatoms. The summed E-state index contributed by atoms with van der Waals surface area (Å²) in [5.41, 5.74) is 1.19. The summed E-state index contributed by atoms with van der Waals surface area (Å²) in [4.78, 5) is 42.1. The molecule has 0 aliphatic carbocycles. The van der Waals surface area contributed by atoms with Crippen LogP contribution in [-0.2, 0) is 9.53 Å². The molecule has 9 nitrogen and oxygen atoms in total. The fourth-order valence-electron chi connectivity index (χ4n) is 4.21. The van der Waals surface area contributed by atoms with Gasteiger partial charge in [-0.3, -0.25) is 19.5 Å². The van der Waals surface area contributed by atoms with Crippen LogP contribution in [0, 0.1) is 10.1 Å². The zero-order valence-corrected chi connectivity index (χ0v) is 21.1. The highest BCUT2D eigenvalue weighted by Crippen LogP contribution is 2.34. The van der Waals surface area contributed by atoms with Gasteiger partial charge in [0.15, 0.2) is 4.80 Å². The quantitative estimate of drug-likeness (QED) is 0.214. The number of nitrogens with zero attached hydrogens (tertiary/aromatic N) is 3. The van der Waals surface area contributed by atoms with Gasteiger partial charge >= 0.3 is 5.97 Å². The van der Waals surface area contributed by atoms with E-state index in [1.807, 2.05) is 30.3 Å². The van der Waals surface area contributed by atoms with Gasteiger partial charge in [0.2, 0.25) is 0 Å². The number of carbonyl (C=O) groups excluding carboxylic acids is 1. The molecule has 37 heavy (non-hydrogen) atoms. The third-order valence-electron chi connectivity index (χ3n) is 5.86. The molecule has 0 bridgehead atoms. The van der Waals surface area contributed by atoms with E-state index in [9.17, 15) is 19.7 Å². The molecule has 186 valence electrons. The Labute approximate surface area is 218 Å². The summed E-state index contributed by atoms with van der Waals surface area (Å²) in [5.74, 6) is 0.0164. The number of nitro benzene ring substituents is 1. The molecule has 1 unspecified atom stereocenters. The van der Waals surface area contributed by atoms with Crippen LogP contribution in [0.2, 0.25) is 5.02 Å². The van der Waals surface area contributed by atoms with Gasteiger partial charge in [0.1, 0.15) is 11.5 Å².